The second kappa shape index (κ2) is 19.8. The number of nitrogens with one attached hydrogen (secondary N) is 2. The summed E-state index contributed by atoms with van der Waals surface area (Å²) in [6.45, 7) is 12.9. The number of aromatic nitrogens is 1. The lowest BCUT2D eigenvalue weighted by Crippen LogP contribution is -2.59. The molecule has 2 heterocycles. The van der Waals surface area contributed by atoms with Crippen molar-refractivity contribution in [1.82, 2.24) is 35.4 Å². The van der Waals surface area contributed by atoms with Crippen molar-refractivity contribution in [3.63, 3.8) is 0 Å². The van der Waals surface area contributed by atoms with E-state index in [-0.39, 0.29) is 43.9 Å². The molecule has 5 rings (SSSR count). The molecule has 0 spiro atoms. The van der Waals surface area contributed by atoms with Gasteiger partial charge in [-0.05, 0) is 64.8 Å². The van der Waals surface area contributed by atoms with E-state index in [1.807, 2.05) is 133 Å². The molecule has 4 atom stereocenters. The first-order valence-corrected chi connectivity index (χ1v) is 20.0. The minimum atomic E-state index is -1.21. The topological polar surface area (TPSA) is 148 Å². The van der Waals surface area contributed by atoms with E-state index < -0.39 is 35.7 Å². The third kappa shape index (κ3) is 11.8. The van der Waals surface area contributed by atoms with E-state index in [9.17, 15) is 24.3 Å². The van der Waals surface area contributed by atoms with E-state index in [0.29, 0.717) is 26.1 Å². The van der Waals surface area contributed by atoms with E-state index in [4.69, 9.17) is 4.74 Å². The van der Waals surface area contributed by atoms with Crippen LogP contribution in [0.25, 0.3) is 10.8 Å². The number of hydrazine groups is 1. The van der Waals surface area contributed by atoms with Gasteiger partial charge in [0.1, 0.15) is 6.04 Å². The number of aryl methyl sites for hydroxylation is 1. The highest BCUT2D eigenvalue weighted by Gasteiger charge is 2.41. The Balaban J connectivity index is 1.42. The van der Waals surface area contributed by atoms with Gasteiger partial charge in [-0.25, -0.2) is 24.3 Å². The number of aliphatic hydroxyl groups is 1. The Morgan fingerprint density at radius 2 is 1.64 bits per heavy atom. The van der Waals surface area contributed by atoms with Gasteiger partial charge in [-0.15, -0.1) is 0 Å². The smallest absolute Gasteiger partial charge is 0.417 e. The number of ether oxygens (including phenoxy) is 1. The molecule has 13 heteroatoms. The molecule has 310 valence electrons. The van der Waals surface area contributed by atoms with E-state index in [2.05, 4.69) is 15.7 Å². The Morgan fingerprint density at radius 3 is 2.31 bits per heavy atom. The molecule has 3 N–H and O–H groups in total. The maximum absolute atomic E-state index is 14.5. The minimum absolute atomic E-state index is 0.0791. The summed E-state index contributed by atoms with van der Waals surface area (Å²) >= 11 is 0. The van der Waals surface area contributed by atoms with Gasteiger partial charge in [-0.1, -0.05) is 114 Å². The van der Waals surface area contributed by atoms with Gasteiger partial charge in [0.15, 0.2) is 0 Å². The average Bonchev–Trinajstić information content (AvgIpc) is 3.54. The van der Waals surface area contributed by atoms with Crippen molar-refractivity contribution < 1.29 is 29.0 Å². The Morgan fingerprint density at radius 1 is 0.931 bits per heavy atom. The molecule has 1 saturated heterocycles. The molecule has 3 aromatic carbocycles. The van der Waals surface area contributed by atoms with E-state index >= 15 is 0 Å². The van der Waals surface area contributed by atoms with E-state index in [1.54, 1.807) is 14.8 Å². The van der Waals surface area contributed by atoms with Gasteiger partial charge in [0, 0.05) is 38.4 Å². The van der Waals surface area contributed by atoms with Gasteiger partial charge in [-0.3, -0.25) is 15.2 Å². The molecule has 13 nitrogen and oxygen atoms in total. The summed E-state index contributed by atoms with van der Waals surface area (Å²) in [6.07, 6.45) is -1.11. The Bertz CT molecular complexity index is 2020. The number of carbonyl (C=O) groups excluding carboxylic acids is 4. The molecule has 4 aromatic rings. The van der Waals surface area contributed by atoms with E-state index in [0.717, 1.165) is 38.2 Å². The molecule has 0 bridgehead atoms. The fraction of sp³-hybridized carbons (Fsp3) is 0.444. The Hall–Kier alpha value is -5.53. The van der Waals surface area contributed by atoms with Crippen LogP contribution in [0.1, 0.15) is 63.6 Å². The fourth-order valence-corrected chi connectivity index (χ4v) is 7.30. The van der Waals surface area contributed by atoms with Crippen LogP contribution in [0.15, 0.2) is 91.0 Å². The van der Waals surface area contributed by atoms with Crippen LogP contribution < -0.4 is 10.7 Å². The van der Waals surface area contributed by atoms with Crippen molar-refractivity contribution in [2.75, 3.05) is 33.3 Å². The maximum Gasteiger partial charge on any atom is 0.417 e. The van der Waals surface area contributed by atoms with Gasteiger partial charge in [0.05, 0.1) is 31.5 Å². The summed E-state index contributed by atoms with van der Waals surface area (Å²) in [7, 11) is 1.22. The van der Waals surface area contributed by atoms with Crippen molar-refractivity contribution in [1.29, 1.82) is 0 Å². The largest absolute Gasteiger partial charge is 0.452 e. The number of methoxy groups -OCH3 is 1. The van der Waals surface area contributed by atoms with E-state index in [1.165, 1.54) is 7.11 Å². The van der Waals surface area contributed by atoms with Crippen molar-refractivity contribution in [3.05, 3.63) is 114 Å². The molecule has 58 heavy (non-hydrogen) atoms. The number of hydrogen-bond donors (Lipinski definition) is 3. The van der Waals surface area contributed by atoms with Crippen LogP contribution in [-0.2, 0) is 29.0 Å². The highest BCUT2D eigenvalue weighted by atomic mass is 16.5. The van der Waals surface area contributed by atoms with Gasteiger partial charge in [0.2, 0.25) is 5.91 Å². The molecule has 0 saturated carbocycles. The quantitative estimate of drug-likeness (QED) is 0.109. The number of nitrogens with zero attached hydrogens (tertiary/aromatic N) is 5. The lowest BCUT2D eigenvalue weighted by Gasteiger charge is -2.35. The van der Waals surface area contributed by atoms with Crippen molar-refractivity contribution in [2.24, 2.45) is 11.3 Å². The number of urea groups is 2. The summed E-state index contributed by atoms with van der Waals surface area (Å²) in [6, 6.07) is 26.6. The first kappa shape index (κ1) is 43.6. The molecular weight excluding hydrogens is 735 g/mol. The Labute approximate surface area is 342 Å². The van der Waals surface area contributed by atoms with Crippen LogP contribution in [0.5, 0.6) is 0 Å². The first-order valence-electron chi connectivity index (χ1n) is 20.0. The van der Waals surface area contributed by atoms with Crippen molar-refractivity contribution in [2.45, 2.75) is 85.7 Å². The predicted molar refractivity (Wildman–Crippen MR) is 224 cm³/mol. The summed E-state index contributed by atoms with van der Waals surface area (Å²) in [5.74, 6) is -0.559. The fourth-order valence-electron chi connectivity index (χ4n) is 7.30. The Kier molecular flexibility index (Phi) is 14.8. The molecular formula is C45H59N7O6. The van der Waals surface area contributed by atoms with Crippen molar-refractivity contribution >= 4 is 34.8 Å². The summed E-state index contributed by atoms with van der Waals surface area (Å²) in [4.78, 5) is 64.1. The molecule has 4 unspecified atom stereocenters. The molecule has 1 aliphatic heterocycles. The highest BCUT2D eigenvalue weighted by Crippen LogP contribution is 2.24. The number of imide groups is 1. The molecule has 1 aliphatic rings. The highest BCUT2D eigenvalue weighted by molar-refractivity contribution is 5.91. The number of carbonyl (C=O) groups is 4. The van der Waals surface area contributed by atoms with Crippen molar-refractivity contribution in [3.8, 4) is 0 Å². The van der Waals surface area contributed by atoms with Crippen LogP contribution in [0.3, 0.4) is 0 Å². The van der Waals surface area contributed by atoms with Crippen LogP contribution in [-0.4, -0.2) is 105 Å². The lowest BCUT2D eigenvalue weighted by atomic mass is 9.95. The van der Waals surface area contributed by atoms with Gasteiger partial charge in [0.25, 0.3) is 0 Å². The molecule has 0 aliphatic carbocycles. The third-order valence-electron chi connectivity index (χ3n) is 10.4. The minimum Gasteiger partial charge on any atom is -0.452 e. The van der Waals surface area contributed by atoms with Gasteiger partial charge >= 0.3 is 18.2 Å². The van der Waals surface area contributed by atoms with Gasteiger partial charge in [-0.2, -0.15) is 0 Å². The first-order chi connectivity index (χ1) is 27.6. The molecule has 6 amide bonds. The number of fused-ring (bicyclic) bond motifs is 1. The monoisotopic (exact) mass is 793 g/mol. The second-order valence-electron chi connectivity index (χ2n) is 16.5. The molecule has 1 fully saturated rings. The van der Waals surface area contributed by atoms with Crippen LogP contribution >= 0.6 is 0 Å². The standard InChI is InChI=1S/C45H59N7O6/c1-8-31(2)40(51-24-23-49(43(51)56)28-37-20-14-15-32(3)46-37)41(54)47-38(26-33-16-10-9-11-17-33)39(53)29-50(27-34-21-22-35-18-12-13-19-36(35)25-34)48-42(55)52(44(57)58-7)30-45(4,5)6/h9-22,25,31,38-40,53H,8,23-24,26-30H2,1-7H3,(H,47,54)(H,48,55). The number of rotatable bonds is 16. The second-order valence-corrected chi connectivity index (χ2v) is 16.5. The molecule has 0 radical (unpaired) electrons. The maximum atomic E-state index is 14.5. The zero-order valence-electron chi connectivity index (χ0n) is 34.9. The number of aliphatic hydroxyl groups excluding tert-OH is 1. The lowest BCUT2D eigenvalue weighted by molar-refractivity contribution is -0.128. The number of pyridine rings is 1. The zero-order chi connectivity index (χ0) is 42.0. The zero-order valence-corrected chi connectivity index (χ0v) is 34.9. The van der Waals surface area contributed by atoms with Gasteiger partial charge < -0.3 is 25.0 Å². The number of amides is 6. The number of hydrogen-bond acceptors (Lipinski definition) is 8. The summed E-state index contributed by atoms with van der Waals surface area (Å²) < 4.78 is 4.98. The average molecular weight is 794 g/mol. The van der Waals surface area contributed by atoms with Crippen LogP contribution in [0, 0.1) is 18.3 Å². The third-order valence-corrected chi connectivity index (χ3v) is 10.4. The normalized spacial score (nSPS) is 15.2. The SMILES string of the molecule is CCC(C)C(C(=O)NC(Cc1ccccc1)C(O)CN(Cc1ccc2ccccc2c1)NC(=O)N(CC(C)(C)C)C(=O)OC)N1CCN(Cc2cccc(C)n2)C1=O. The predicted octanol–water partition coefficient (Wildman–Crippen LogP) is 6.53. The van der Waals surface area contributed by atoms with Crippen LogP contribution in [0.2, 0.25) is 0 Å². The summed E-state index contributed by atoms with van der Waals surface area (Å²) in [5.41, 5.74) is 5.81. The number of benzene rings is 3. The van der Waals surface area contributed by atoms with Crippen LogP contribution in [0.4, 0.5) is 14.4 Å². The summed E-state index contributed by atoms with van der Waals surface area (Å²) in [5, 5.41) is 18.9. The molecule has 1 aromatic heterocycles.